The van der Waals surface area contributed by atoms with Gasteiger partial charge in [-0.3, -0.25) is 9.59 Å². The van der Waals surface area contributed by atoms with Crippen LogP contribution in [0.1, 0.15) is 22.3 Å². The number of amides is 2. The van der Waals surface area contributed by atoms with Crippen molar-refractivity contribution in [2.45, 2.75) is 19.5 Å². The zero-order chi connectivity index (χ0) is 21.3. The van der Waals surface area contributed by atoms with E-state index in [1.807, 2.05) is 10.6 Å². The molecule has 0 bridgehead atoms. The number of rotatable bonds is 9. The minimum Gasteiger partial charge on any atom is -0.497 e. The van der Waals surface area contributed by atoms with E-state index in [1.165, 1.54) is 0 Å². The lowest BCUT2D eigenvalue weighted by Gasteiger charge is -2.12. The number of nitrogens with zero attached hydrogens (tertiary/aromatic N) is 2. The fraction of sp³-hybridized carbons (Fsp3) is 0.227. The molecule has 0 unspecified atom stereocenters. The van der Waals surface area contributed by atoms with Crippen molar-refractivity contribution in [3.63, 3.8) is 0 Å². The maximum Gasteiger partial charge on any atom is 0.251 e. The molecule has 2 aromatic carbocycles. The van der Waals surface area contributed by atoms with Crippen molar-refractivity contribution in [2.75, 3.05) is 19.5 Å². The topological polar surface area (TPSA) is 94.5 Å². The van der Waals surface area contributed by atoms with Crippen molar-refractivity contribution in [1.82, 2.24) is 14.9 Å². The molecule has 0 saturated carbocycles. The van der Waals surface area contributed by atoms with Gasteiger partial charge < -0.3 is 24.7 Å². The van der Waals surface area contributed by atoms with Crippen LogP contribution in [-0.2, 0) is 17.9 Å². The van der Waals surface area contributed by atoms with Crippen LogP contribution in [0.15, 0.2) is 61.2 Å². The quantitative estimate of drug-likeness (QED) is 0.568. The van der Waals surface area contributed by atoms with Gasteiger partial charge in [-0.15, -0.1) is 0 Å². The van der Waals surface area contributed by atoms with Gasteiger partial charge in [0, 0.05) is 48.7 Å². The van der Waals surface area contributed by atoms with Crippen LogP contribution in [0.4, 0.5) is 5.69 Å². The number of carbonyl (C=O) groups is 2. The first-order valence-electron chi connectivity index (χ1n) is 9.44. The van der Waals surface area contributed by atoms with Crippen LogP contribution in [0.5, 0.6) is 11.5 Å². The van der Waals surface area contributed by atoms with Gasteiger partial charge in [0.1, 0.15) is 11.5 Å². The highest BCUT2D eigenvalue weighted by molar-refractivity contribution is 5.97. The van der Waals surface area contributed by atoms with E-state index >= 15 is 0 Å². The Labute approximate surface area is 174 Å². The molecule has 0 spiro atoms. The molecule has 8 heteroatoms. The highest BCUT2D eigenvalue weighted by Gasteiger charge is 2.11. The third-order valence-electron chi connectivity index (χ3n) is 4.49. The largest absolute Gasteiger partial charge is 0.497 e. The maximum absolute atomic E-state index is 12.6. The molecule has 0 radical (unpaired) electrons. The van der Waals surface area contributed by atoms with Crippen molar-refractivity contribution >= 4 is 17.5 Å². The zero-order valence-corrected chi connectivity index (χ0v) is 16.9. The predicted octanol–water partition coefficient (Wildman–Crippen LogP) is 2.86. The van der Waals surface area contributed by atoms with Gasteiger partial charge in [-0.2, -0.15) is 0 Å². The summed E-state index contributed by atoms with van der Waals surface area (Å²) in [4.78, 5) is 28.7. The van der Waals surface area contributed by atoms with Crippen LogP contribution < -0.4 is 20.1 Å². The molecule has 0 aliphatic carbocycles. The van der Waals surface area contributed by atoms with Crippen molar-refractivity contribution in [2.24, 2.45) is 0 Å². The van der Waals surface area contributed by atoms with Crippen LogP contribution in [0.2, 0.25) is 0 Å². The first kappa shape index (κ1) is 20.9. The summed E-state index contributed by atoms with van der Waals surface area (Å²) in [5.74, 6) is 0.951. The predicted molar refractivity (Wildman–Crippen MR) is 113 cm³/mol. The molecule has 0 saturated heterocycles. The lowest BCUT2D eigenvalue weighted by atomic mass is 10.1. The lowest BCUT2D eigenvalue weighted by Crippen LogP contribution is -2.23. The smallest absolute Gasteiger partial charge is 0.251 e. The van der Waals surface area contributed by atoms with Crippen molar-refractivity contribution in [3.05, 3.63) is 72.3 Å². The summed E-state index contributed by atoms with van der Waals surface area (Å²) in [6, 6.07) is 12.2. The molecule has 1 heterocycles. The zero-order valence-electron chi connectivity index (χ0n) is 16.9. The Balaban J connectivity index is 1.58. The van der Waals surface area contributed by atoms with Gasteiger partial charge in [0.2, 0.25) is 5.91 Å². The Hall–Kier alpha value is -3.81. The summed E-state index contributed by atoms with van der Waals surface area (Å²) in [6.45, 7) is 0.815. The molecule has 3 rings (SSSR count). The highest BCUT2D eigenvalue weighted by Crippen LogP contribution is 2.24. The number of anilines is 1. The average molecular weight is 408 g/mol. The fourth-order valence-electron chi connectivity index (χ4n) is 2.91. The SMILES string of the molecule is COc1ccc(OC)c(CNC(=O)c2cccc(NC(=O)CCn3ccnc3)c2)c1. The molecular formula is C22H24N4O4. The van der Waals surface area contributed by atoms with Crippen molar-refractivity contribution in [1.29, 1.82) is 0 Å². The van der Waals surface area contributed by atoms with E-state index in [0.29, 0.717) is 35.7 Å². The number of nitrogens with one attached hydrogen (secondary N) is 2. The third-order valence-corrected chi connectivity index (χ3v) is 4.49. The van der Waals surface area contributed by atoms with Gasteiger partial charge in [0.05, 0.1) is 20.5 Å². The summed E-state index contributed by atoms with van der Waals surface area (Å²) in [5.41, 5.74) is 1.82. The summed E-state index contributed by atoms with van der Waals surface area (Å²) < 4.78 is 12.4. The van der Waals surface area contributed by atoms with Crippen LogP contribution in [0.3, 0.4) is 0 Å². The van der Waals surface area contributed by atoms with E-state index in [1.54, 1.807) is 69.3 Å². The van der Waals surface area contributed by atoms with Gasteiger partial charge in [-0.1, -0.05) is 6.07 Å². The van der Waals surface area contributed by atoms with E-state index in [-0.39, 0.29) is 18.4 Å². The Morgan fingerprint density at radius 2 is 1.97 bits per heavy atom. The first-order valence-corrected chi connectivity index (χ1v) is 9.44. The number of benzene rings is 2. The number of aryl methyl sites for hydroxylation is 1. The Morgan fingerprint density at radius 1 is 1.10 bits per heavy atom. The van der Waals surface area contributed by atoms with Crippen LogP contribution in [0.25, 0.3) is 0 Å². The molecule has 0 atom stereocenters. The first-order chi connectivity index (χ1) is 14.6. The second kappa shape index (κ2) is 10.1. The van der Waals surface area contributed by atoms with Gasteiger partial charge in [0.25, 0.3) is 5.91 Å². The minimum atomic E-state index is -0.255. The Bertz CT molecular complexity index is 1000. The normalized spacial score (nSPS) is 10.3. The number of hydrogen-bond donors (Lipinski definition) is 2. The van der Waals surface area contributed by atoms with E-state index in [4.69, 9.17) is 9.47 Å². The number of hydrogen-bond acceptors (Lipinski definition) is 5. The van der Waals surface area contributed by atoms with Crippen LogP contribution >= 0.6 is 0 Å². The number of methoxy groups -OCH3 is 2. The Morgan fingerprint density at radius 3 is 2.70 bits per heavy atom. The van der Waals surface area contributed by atoms with Crippen LogP contribution in [0, 0.1) is 0 Å². The Kier molecular flexibility index (Phi) is 7.05. The molecule has 0 aliphatic rings. The van der Waals surface area contributed by atoms with Crippen molar-refractivity contribution < 1.29 is 19.1 Å². The molecule has 156 valence electrons. The number of aromatic nitrogens is 2. The summed E-state index contributed by atoms with van der Waals surface area (Å²) >= 11 is 0. The van der Waals surface area contributed by atoms with Gasteiger partial charge in [-0.25, -0.2) is 4.98 Å². The molecule has 0 fully saturated rings. The number of imidazole rings is 1. The van der Waals surface area contributed by atoms with E-state index in [9.17, 15) is 9.59 Å². The molecule has 8 nitrogen and oxygen atoms in total. The van der Waals surface area contributed by atoms with Gasteiger partial charge >= 0.3 is 0 Å². The second-order valence-electron chi connectivity index (χ2n) is 6.54. The summed E-state index contributed by atoms with van der Waals surface area (Å²) in [7, 11) is 3.16. The van der Waals surface area contributed by atoms with E-state index in [2.05, 4.69) is 15.6 Å². The second-order valence-corrected chi connectivity index (χ2v) is 6.54. The summed E-state index contributed by atoms with van der Waals surface area (Å²) in [6.07, 6.45) is 5.44. The maximum atomic E-state index is 12.6. The van der Waals surface area contributed by atoms with Gasteiger partial charge in [0.15, 0.2) is 0 Å². The lowest BCUT2D eigenvalue weighted by molar-refractivity contribution is -0.116. The fourth-order valence-corrected chi connectivity index (χ4v) is 2.91. The molecular weight excluding hydrogens is 384 g/mol. The average Bonchev–Trinajstić information content (AvgIpc) is 3.29. The monoisotopic (exact) mass is 408 g/mol. The van der Waals surface area contributed by atoms with Crippen LogP contribution in [-0.4, -0.2) is 35.6 Å². The third kappa shape index (κ3) is 5.60. The number of carbonyl (C=O) groups excluding carboxylic acids is 2. The molecule has 1 aromatic heterocycles. The van der Waals surface area contributed by atoms with E-state index < -0.39 is 0 Å². The molecule has 2 amide bonds. The van der Waals surface area contributed by atoms with Gasteiger partial charge in [-0.05, 0) is 36.4 Å². The highest BCUT2D eigenvalue weighted by atomic mass is 16.5. The molecule has 0 aliphatic heterocycles. The standard InChI is InChI=1S/C22H24N4O4/c1-29-19-6-7-20(30-2)17(13-19)14-24-22(28)16-4-3-5-18(12-16)25-21(27)8-10-26-11-9-23-15-26/h3-7,9,11-13,15H,8,10,14H2,1-2H3,(H,24,28)(H,25,27). The summed E-state index contributed by atoms with van der Waals surface area (Å²) in [5, 5.41) is 5.69. The number of ether oxygens (including phenoxy) is 2. The molecule has 3 aromatic rings. The minimum absolute atomic E-state index is 0.137. The molecule has 30 heavy (non-hydrogen) atoms. The van der Waals surface area contributed by atoms with E-state index in [0.717, 1.165) is 5.56 Å². The van der Waals surface area contributed by atoms with Crippen molar-refractivity contribution in [3.8, 4) is 11.5 Å². The molecule has 2 N–H and O–H groups in total.